The van der Waals surface area contributed by atoms with Gasteiger partial charge < -0.3 is 5.32 Å². The fourth-order valence-electron chi connectivity index (χ4n) is 1.60. The summed E-state index contributed by atoms with van der Waals surface area (Å²) in [4.78, 5) is 5.57. The van der Waals surface area contributed by atoms with Gasteiger partial charge in [0.2, 0.25) is 0 Å². The first kappa shape index (κ1) is 15.5. The second-order valence-corrected chi connectivity index (χ2v) is 7.56. The first-order valence-corrected chi connectivity index (χ1v) is 8.17. The molecule has 0 radical (unpaired) electrons. The highest BCUT2D eigenvalue weighted by Gasteiger charge is 2.08. The fourth-order valence-corrected chi connectivity index (χ4v) is 2.87. The lowest BCUT2D eigenvalue weighted by Crippen LogP contribution is -2.35. The van der Waals surface area contributed by atoms with Crippen molar-refractivity contribution in [3.8, 4) is 0 Å². The topological polar surface area (TPSA) is 24.9 Å². The van der Waals surface area contributed by atoms with E-state index in [0.29, 0.717) is 0 Å². The fraction of sp³-hybridized carbons (Fsp3) is 0.312. The van der Waals surface area contributed by atoms with Crippen molar-refractivity contribution in [2.45, 2.75) is 42.8 Å². The summed E-state index contributed by atoms with van der Waals surface area (Å²) in [6.07, 6.45) is 1.81. The minimum atomic E-state index is 0.145. The Balaban J connectivity index is 2.00. The van der Waals surface area contributed by atoms with Crippen LogP contribution in [-0.2, 0) is 6.54 Å². The highest BCUT2D eigenvalue weighted by atomic mass is 79.9. The highest BCUT2D eigenvalue weighted by molar-refractivity contribution is 9.10. The van der Waals surface area contributed by atoms with E-state index in [1.54, 1.807) is 11.8 Å². The van der Waals surface area contributed by atoms with E-state index in [1.165, 1.54) is 10.5 Å². The van der Waals surface area contributed by atoms with Gasteiger partial charge in [0.1, 0.15) is 5.03 Å². The molecule has 0 spiro atoms. The molecular formula is C16H19BrN2S. The minimum Gasteiger partial charge on any atom is -0.308 e. The zero-order chi connectivity index (χ0) is 14.6. The van der Waals surface area contributed by atoms with Crippen molar-refractivity contribution in [1.82, 2.24) is 10.3 Å². The molecule has 0 aliphatic heterocycles. The van der Waals surface area contributed by atoms with Gasteiger partial charge >= 0.3 is 0 Å². The van der Waals surface area contributed by atoms with E-state index in [-0.39, 0.29) is 5.54 Å². The normalized spacial score (nSPS) is 11.6. The Morgan fingerprint density at radius 2 is 1.85 bits per heavy atom. The third-order valence-electron chi connectivity index (χ3n) is 2.69. The molecule has 1 aromatic heterocycles. The van der Waals surface area contributed by atoms with Crippen LogP contribution in [0.15, 0.2) is 57.0 Å². The lowest BCUT2D eigenvalue weighted by atomic mass is 10.1. The number of pyridine rings is 1. The van der Waals surface area contributed by atoms with Crippen molar-refractivity contribution in [2.24, 2.45) is 0 Å². The highest BCUT2D eigenvalue weighted by Crippen LogP contribution is 2.31. The SMILES string of the molecule is CC(C)(C)NCc1ccc(Sc2ncccc2Br)cc1. The van der Waals surface area contributed by atoms with Gasteiger partial charge in [0.15, 0.2) is 0 Å². The molecule has 106 valence electrons. The van der Waals surface area contributed by atoms with Crippen LogP contribution < -0.4 is 5.32 Å². The van der Waals surface area contributed by atoms with Gasteiger partial charge in [0, 0.05) is 23.2 Å². The van der Waals surface area contributed by atoms with Gasteiger partial charge in [-0.1, -0.05) is 23.9 Å². The van der Waals surface area contributed by atoms with Crippen molar-refractivity contribution in [1.29, 1.82) is 0 Å². The van der Waals surface area contributed by atoms with E-state index in [0.717, 1.165) is 16.0 Å². The zero-order valence-electron chi connectivity index (χ0n) is 12.0. The number of aromatic nitrogens is 1. The molecule has 0 amide bonds. The number of halogens is 1. The molecule has 0 atom stereocenters. The molecule has 0 unspecified atom stereocenters. The van der Waals surface area contributed by atoms with E-state index in [9.17, 15) is 0 Å². The van der Waals surface area contributed by atoms with Gasteiger partial charge in [-0.15, -0.1) is 0 Å². The van der Waals surface area contributed by atoms with Crippen LogP contribution in [-0.4, -0.2) is 10.5 Å². The molecule has 2 rings (SSSR count). The number of hydrogen-bond donors (Lipinski definition) is 1. The van der Waals surface area contributed by atoms with Crippen molar-refractivity contribution < 1.29 is 0 Å². The van der Waals surface area contributed by atoms with E-state index in [4.69, 9.17) is 0 Å². The van der Waals surface area contributed by atoms with Crippen LogP contribution >= 0.6 is 27.7 Å². The van der Waals surface area contributed by atoms with Crippen LogP contribution in [0.4, 0.5) is 0 Å². The molecule has 0 aliphatic rings. The maximum atomic E-state index is 4.37. The monoisotopic (exact) mass is 350 g/mol. The summed E-state index contributed by atoms with van der Waals surface area (Å²) in [5, 5.41) is 4.48. The number of benzene rings is 1. The molecule has 1 N–H and O–H groups in total. The maximum absolute atomic E-state index is 4.37. The van der Waals surface area contributed by atoms with Crippen LogP contribution in [0, 0.1) is 0 Å². The summed E-state index contributed by atoms with van der Waals surface area (Å²) < 4.78 is 1.03. The quantitative estimate of drug-likeness (QED) is 0.850. The number of nitrogens with zero attached hydrogens (tertiary/aromatic N) is 1. The average molecular weight is 351 g/mol. The molecular weight excluding hydrogens is 332 g/mol. The smallest absolute Gasteiger partial charge is 0.115 e. The molecule has 0 aliphatic carbocycles. The standard InChI is InChI=1S/C16H19BrN2S/c1-16(2,3)19-11-12-6-8-13(9-7-12)20-15-14(17)5-4-10-18-15/h4-10,19H,11H2,1-3H3. The Hall–Kier alpha value is -0.840. The maximum Gasteiger partial charge on any atom is 0.115 e. The molecule has 1 aromatic carbocycles. The van der Waals surface area contributed by atoms with Gasteiger partial charge in [0.05, 0.1) is 4.47 Å². The molecule has 2 aromatic rings. The van der Waals surface area contributed by atoms with E-state index in [1.807, 2.05) is 18.3 Å². The number of hydrogen-bond acceptors (Lipinski definition) is 3. The largest absolute Gasteiger partial charge is 0.308 e. The average Bonchev–Trinajstić information content (AvgIpc) is 2.40. The summed E-state index contributed by atoms with van der Waals surface area (Å²) in [5.74, 6) is 0. The molecule has 4 heteroatoms. The molecule has 0 saturated heterocycles. The van der Waals surface area contributed by atoms with Gasteiger partial charge in [0.25, 0.3) is 0 Å². The van der Waals surface area contributed by atoms with Crippen molar-refractivity contribution >= 4 is 27.7 Å². The van der Waals surface area contributed by atoms with Crippen molar-refractivity contribution in [3.63, 3.8) is 0 Å². The van der Waals surface area contributed by atoms with Crippen molar-refractivity contribution in [3.05, 3.63) is 52.6 Å². The summed E-state index contributed by atoms with van der Waals surface area (Å²) in [6, 6.07) is 12.6. The zero-order valence-corrected chi connectivity index (χ0v) is 14.4. The van der Waals surface area contributed by atoms with Gasteiger partial charge in [-0.25, -0.2) is 4.98 Å². The Bertz CT molecular complexity index is 561. The van der Waals surface area contributed by atoms with Gasteiger partial charge in [-0.05, 0) is 66.5 Å². The number of rotatable bonds is 4. The molecule has 0 bridgehead atoms. The Morgan fingerprint density at radius 1 is 1.15 bits per heavy atom. The third kappa shape index (κ3) is 4.93. The molecule has 0 fully saturated rings. The van der Waals surface area contributed by atoms with E-state index in [2.05, 4.69) is 71.3 Å². The van der Waals surface area contributed by atoms with Crippen LogP contribution in [0.5, 0.6) is 0 Å². The molecule has 2 nitrogen and oxygen atoms in total. The predicted octanol–water partition coefficient (Wildman–Crippen LogP) is 4.88. The lowest BCUT2D eigenvalue weighted by molar-refractivity contribution is 0.424. The second-order valence-electron chi connectivity index (χ2n) is 5.64. The Kier molecular flexibility index (Phi) is 5.24. The molecule has 1 heterocycles. The Labute approximate surface area is 133 Å². The first-order chi connectivity index (χ1) is 9.44. The van der Waals surface area contributed by atoms with E-state index >= 15 is 0 Å². The lowest BCUT2D eigenvalue weighted by Gasteiger charge is -2.20. The second kappa shape index (κ2) is 6.74. The van der Waals surface area contributed by atoms with Crippen LogP contribution in [0.2, 0.25) is 0 Å². The van der Waals surface area contributed by atoms with Gasteiger partial charge in [-0.3, -0.25) is 0 Å². The van der Waals surface area contributed by atoms with Crippen LogP contribution in [0.1, 0.15) is 26.3 Å². The van der Waals surface area contributed by atoms with E-state index < -0.39 is 0 Å². The predicted molar refractivity (Wildman–Crippen MR) is 89.1 cm³/mol. The summed E-state index contributed by atoms with van der Waals surface area (Å²) in [6.45, 7) is 7.42. The summed E-state index contributed by atoms with van der Waals surface area (Å²) >= 11 is 5.19. The summed E-state index contributed by atoms with van der Waals surface area (Å²) in [5.41, 5.74) is 1.44. The van der Waals surface area contributed by atoms with Crippen LogP contribution in [0.3, 0.4) is 0 Å². The summed E-state index contributed by atoms with van der Waals surface area (Å²) in [7, 11) is 0. The number of nitrogens with one attached hydrogen (secondary N) is 1. The molecule has 0 saturated carbocycles. The first-order valence-electron chi connectivity index (χ1n) is 6.56. The van der Waals surface area contributed by atoms with Crippen LogP contribution in [0.25, 0.3) is 0 Å². The third-order valence-corrected chi connectivity index (χ3v) is 4.61. The Morgan fingerprint density at radius 3 is 2.45 bits per heavy atom. The van der Waals surface area contributed by atoms with Crippen molar-refractivity contribution in [2.75, 3.05) is 0 Å². The minimum absolute atomic E-state index is 0.145. The molecule has 20 heavy (non-hydrogen) atoms. The van der Waals surface area contributed by atoms with Gasteiger partial charge in [-0.2, -0.15) is 0 Å².